The van der Waals surface area contributed by atoms with Gasteiger partial charge in [-0.2, -0.15) is 0 Å². The van der Waals surface area contributed by atoms with Crippen molar-refractivity contribution < 1.29 is 9.72 Å². The van der Waals surface area contributed by atoms with Crippen LogP contribution in [0, 0.1) is 10.1 Å². The van der Waals surface area contributed by atoms with E-state index in [2.05, 4.69) is 15.5 Å². The molecule has 0 saturated carbocycles. The number of carbonyl (C=O) groups is 1. The number of benzene rings is 3. The summed E-state index contributed by atoms with van der Waals surface area (Å²) >= 11 is 0. The van der Waals surface area contributed by atoms with E-state index in [-0.39, 0.29) is 11.6 Å². The van der Waals surface area contributed by atoms with Gasteiger partial charge in [0.05, 0.1) is 16.2 Å². The van der Waals surface area contributed by atoms with Crippen molar-refractivity contribution in [1.29, 1.82) is 0 Å². The lowest BCUT2D eigenvalue weighted by atomic mass is 9.99. The zero-order valence-corrected chi connectivity index (χ0v) is 17.3. The number of fused-ring (bicyclic) bond motifs is 1. The van der Waals surface area contributed by atoms with E-state index in [4.69, 9.17) is 0 Å². The zero-order valence-electron chi connectivity index (χ0n) is 17.3. The van der Waals surface area contributed by atoms with Gasteiger partial charge in [-0.1, -0.05) is 42.5 Å². The van der Waals surface area contributed by atoms with Crippen molar-refractivity contribution in [2.45, 2.75) is 6.54 Å². The molecule has 0 saturated heterocycles. The summed E-state index contributed by atoms with van der Waals surface area (Å²) in [6, 6.07) is 21.9. The third-order valence-electron chi connectivity index (χ3n) is 4.97. The molecule has 7 heteroatoms. The average molecular weight is 414 g/mol. The molecule has 1 aliphatic rings. The normalized spacial score (nSPS) is 14.2. The Morgan fingerprint density at radius 2 is 1.81 bits per heavy atom. The van der Waals surface area contributed by atoms with Crippen LogP contribution in [0.2, 0.25) is 0 Å². The summed E-state index contributed by atoms with van der Waals surface area (Å²) in [7, 11) is 4.01. The number of nitro benzene ring substituents is 1. The quantitative estimate of drug-likeness (QED) is 0.350. The van der Waals surface area contributed by atoms with E-state index in [0.29, 0.717) is 22.5 Å². The van der Waals surface area contributed by atoms with Crippen LogP contribution in [0.3, 0.4) is 0 Å². The molecule has 3 aromatic carbocycles. The van der Waals surface area contributed by atoms with Gasteiger partial charge in [-0.25, -0.2) is 0 Å². The minimum atomic E-state index is -0.457. The van der Waals surface area contributed by atoms with Crippen LogP contribution in [0.5, 0.6) is 0 Å². The van der Waals surface area contributed by atoms with Gasteiger partial charge in [0.1, 0.15) is 0 Å². The van der Waals surface area contributed by atoms with Crippen LogP contribution < -0.4 is 10.6 Å². The van der Waals surface area contributed by atoms with Gasteiger partial charge in [0.25, 0.3) is 11.6 Å². The van der Waals surface area contributed by atoms with Gasteiger partial charge in [0, 0.05) is 35.6 Å². The Balaban J connectivity index is 1.86. The number of nitro groups is 1. The lowest BCUT2D eigenvalue weighted by Gasteiger charge is -2.16. The number of non-ortho nitro benzene ring substituents is 1. The van der Waals surface area contributed by atoms with Gasteiger partial charge < -0.3 is 15.5 Å². The number of nitrogens with zero attached hydrogens (tertiary/aromatic N) is 2. The van der Waals surface area contributed by atoms with Gasteiger partial charge in [-0.15, -0.1) is 0 Å². The molecule has 0 radical (unpaired) electrons. The highest BCUT2D eigenvalue weighted by atomic mass is 16.6. The highest BCUT2D eigenvalue weighted by Crippen LogP contribution is 2.39. The summed E-state index contributed by atoms with van der Waals surface area (Å²) in [5, 5.41) is 17.5. The van der Waals surface area contributed by atoms with Crippen molar-refractivity contribution in [3.63, 3.8) is 0 Å². The van der Waals surface area contributed by atoms with Crippen LogP contribution in [-0.2, 0) is 11.3 Å². The van der Waals surface area contributed by atoms with E-state index in [1.54, 1.807) is 6.07 Å². The summed E-state index contributed by atoms with van der Waals surface area (Å²) < 4.78 is 0. The molecule has 0 unspecified atom stereocenters. The minimum Gasteiger partial charge on any atom is -0.354 e. The predicted molar refractivity (Wildman–Crippen MR) is 122 cm³/mol. The van der Waals surface area contributed by atoms with Gasteiger partial charge in [-0.3, -0.25) is 14.9 Å². The standard InChI is InChI=1S/C24H22N4O3/c1-27(2)15-16-7-6-10-18(13-16)25-23(17-8-4-3-5-9-17)22-20-14-19(28(30)31)11-12-21(20)26-24(22)29/h3-14,25H,15H2,1-2H3,(H,26,29)/b23-22-. The van der Waals surface area contributed by atoms with Gasteiger partial charge in [-0.05, 0) is 43.4 Å². The first kappa shape index (κ1) is 20.3. The van der Waals surface area contributed by atoms with E-state index in [0.717, 1.165) is 23.4 Å². The molecule has 156 valence electrons. The van der Waals surface area contributed by atoms with Crippen LogP contribution in [0.1, 0.15) is 16.7 Å². The smallest absolute Gasteiger partial charge is 0.270 e. The number of carbonyl (C=O) groups excluding carboxylic acids is 1. The molecule has 7 nitrogen and oxygen atoms in total. The third-order valence-corrected chi connectivity index (χ3v) is 4.97. The van der Waals surface area contributed by atoms with Crippen molar-refractivity contribution in [1.82, 2.24) is 4.90 Å². The first-order valence-electron chi connectivity index (χ1n) is 9.83. The summed E-state index contributed by atoms with van der Waals surface area (Å²) in [5.41, 5.74) is 4.74. The second-order valence-corrected chi connectivity index (χ2v) is 7.62. The van der Waals surface area contributed by atoms with E-state index >= 15 is 0 Å². The molecule has 2 N–H and O–H groups in total. The van der Waals surface area contributed by atoms with E-state index < -0.39 is 4.92 Å². The van der Waals surface area contributed by atoms with Crippen LogP contribution in [0.25, 0.3) is 11.3 Å². The largest absolute Gasteiger partial charge is 0.354 e. The number of rotatable bonds is 6. The lowest BCUT2D eigenvalue weighted by Crippen LogP contribution is -2.12. The Morgan fingerprint density at radius 3 is 2.52 bits per heavy atom. The fourth-order valence-corrected chi connectivity index (χ4v) is 3.66. The monoisotopic (exact) mass is 414 g/mol. The van der Waals surface area contributed by atoms with Gasteiger partial charge in [0.2, 0.25) is 0 Å². The SMILES string of the molecule is CN(C)Cc1cccc(N/C(=C2\C(=O)Nc3ccc([N+](=O)[O-])cc32)c2ccccc2)c1. The molecule has 4 rings (SSSR count). The number of hydrogen-bond acceptors (Lipinski definition) is 5. The maximum atomic E-state index is 12.9. The summed E-state index contributed by atoms with van der Waals surface area (Å²) in [5.74, 6) is -0.300. The molecular weight excluding hydrogens is 392 g/mol. The van der Waals surface area contributed by atoms with Crippen LogP contribution in [0.4, 0.5) is 17.1 Å². The second-order valence-electron chi connectivity index (χ2n) is 7.62. The Bertz CT molecular complexity index is 1190. The fourth-order valence-electron chi connectivity index (χ4n) is 3.66. The molecule has 0 spiro atoms. The Labute approximate surface area is 180 Å². The first-order chi connectivity index (χ1) is 14.9. The van der Waals surface area contributed by atoms with Crippen molar-refractivity contribution in [2.75, 3.05) is 24.7 Å². The van der Waals surface area contributed by atoms with E-state index in [1.807, 2.05) is 68.7 Å². The Kier molecular flexibility index (Phi) is 5.51. The summed E-state index contributed by atoms with van der Waals surface area (Å²) in [4.78, 5) is 25.9. The molecule has 1 aliphatic heterocycles. The molecule has 0 atom stereocenters. The van der Waals surface area contributed by atoms with Crippen molar-refractivity contribution in [3.8, 4) is 0 Å². The van der Waals surface area contributed by atoms with Crippen LogP contribution in [-0.4, -0.2) is 29.8 Å². The molecule has 1 heterocycles. The van der Waals surface area contributed by atoms with E-state index in [9.17, 15) is 14.9 Å². The zero-order chi connectivity index (χ0) is 22.0. The van der Waals surface area contributed by atoms with E-state index in [1.165, 1.54) is 12.1 Å². The number of hydrogen-bond donors (Lipinski definition) is 2. The molecule has 3 aromatic rings. The highest BCUT2D eigenvalue weighted by molar-refractivity contribution is 6.37. The molecule has 0 fully saturated rings. The van der Waals surface area contributed by atoms with Crippen molar-refractivity contribution in [2.24, 2.45) is 0 Å². The van der Waals surface area contributed by atoms with Crippen LogP contribution in [0.15, 0.2) is 72.8 Å². The number of anilines is 2. The molecule has 0 aliphatic carbocycles. The summed E-state index contributed by atoms with van der Waals surface area (Å²) in [6.07, 6.45) is 0. The van der Waals surface area contributed by atoms with Crippen molar-refractivity contribution in [3.05, 3.63) is 99.6 Å². The maximum absolute atomic E-state index is 12.9. The summed E-state index contributed by atoms with van der Waals surface area (Å²) in [6.45, 7) is 0.780. The molecule has 1 amide bonds. The maximum Gasteiger partial charge on any atom is 0.270 e. The number of nitrogens with one attached hydrogen (secondary N) is 2. The third kappa shape index (κ3) is 4.31. The average Bonchev–Trinajstić information content (AvgIpc) is 3.07. The first-order valence-corrected chi connectivity index (χ1v) is 9.83. The molecule has 31 heavy (non-hydrogen) atoms. The predicted octanol–water partition coefficient (Wildman–Crippen LogP) is 4.59. The lowest BCUT2D eigenvalue weighted by molar-refractivity contribution is -0.384. The van der Waals surface area contributed by atoms with Gasteiger partial charge in [0.15, 0.2) is 0 Å². The Morgan fingerprint density at radius 1 is 1.03 bits per heavy atom. The number of amides is 1. The fraction of sp³-hybridized carbons (Fsp3) is 0.125. The molecule has 0 bridgehead atoms. The topological polar surface area (TPSA) is 87.5 Å². The highest BCUT2D eigenvalue weighted by Gasteiger charge is 2.30. The Hall–Kier alpha value is -3.97. The minimum absolute atomic E-state index is 0.0619. The molecule has 0 aromatic heterocycles. The van der Waals surface area contributed by atoms with Crippen molar-refractivity contribution >= 4 is 34.2 Å². The van der Waals surface area contributed by atoms with Crippen LogP contribution >= 0.6 is 0 Å². The second kappa shape index (κ2) is 8.41. The van der Waals surface area contributed by atoms with Gasteiger partial charge >= 0.3 is 0 Å². The molecular formula is C24H22N4O3.